The van der Waals surface area contributed by atoms with Crippen molar-refractivity contribution in [1.29, 1.82) is 0 Å². The van der Waals surface area contributed by atoms with Gasteiger partial charge in [-0.25, -0.2) is 4.79 Å². The van der Waals surface area contributed by atoms with E-state index in [-0.39, 0.29) is 24.4 Å². The van der Waals surface area contributed by atoms with Crippen LogP contribution >= 0.6 is 0 Å². The molecule has 1 unspecified atom stereocenters. The summed E-state index contributed by atoms with van der Waals surface area (Å²) in [5, 5.41) is 13.4. The maximum atomic E-state index is 12.7. The second kappa shape index (κ2) is 6.78. The van der Waals surface area contributed by atoms with Crippen molar-refractivity contribution in [3.63, 3.8) is 0 Å². The lowest BCUT2D eigenvalue weighted by atomic mass is 10.0. The molecule has 1 fully saturated rings. The molecular weight excluding hydrogens is 389 g/mol. The van der Waals surface area contributed by atoms with Crippen LogP contribution < -0.4 is 9.80 Å². The van der Waals surface area contributed by atoms with Gasteiger partial charge < -0.3 is 10.0 Å². The third-order valence-electron chi connectivity index (χ3n) is 5.12. The number of nitrogens with zero attached hydrogens (tertiary/aromatic N) is 4. The highest BCUT2D eigenvalue weighted by atomic mass is 19.4. The van der Waals surface area contributed by atoms with E-state index in [0.717, 1.165) is 17.5 Å². The van der Waals surface area contributed by atoms with Gasteiger partial charge in [-0.3, -0.25) is 14.4 Å². The van der Waals surface area contributed by atoms with Crippen LogP contribution in [0.1, 0.15) is 19.8 Å². The van der Waals surface area contributed by atoms with Crippen molar-refractivity contribution in [2.24, 2.45) is 5.92 Å². The van der Waals surface area contributed by atoms with E-state index in [4.69, 9.17) is 0 Å². The molecule has 1 N–H and O–H groups in total. The fourth-order valence-electron chi connectivity index (χ4n) is 3.63. The number of hydrogen-bond acceptors (Lipinski definition) is 3. The van der Waals surface area contributed by atoms with Crippen molar-refractivity contribution in [2.75, 3.05) is 16.3 Å². The minimum atomic E-state index is -4.39. The van der Waals surface area contributed by atoms with Gasteiger partial charge in [-0.1, -0.05) is 6.07 Å². The molecule has 29 heavy (non-hydrogen) atoms. The molecule has 0 radical (unpaired) electrons. The number of carboxylic acid groups (broad SMARTS) is 1. The number of fused-ring (bicyclic) bond motifs is 1. The lowest BCUT2D eigenvalue weighted by Gasteiger charge is -2.40. The van der Waals surface area contributed by atoms with E-state index in [2.05, 4.69) is 5.10 Å². The van der Waals surface area contributed by atoms with Gasteiger partial charge in [0, 0.05) is 24.2 Å². The lowest BCUT2D eigenvalue weighted by molar-refractivity contribution is -0.142. The molecule has 2 aromatic rings. The number of aromatic nitrogens is 2. The highest BCUT2D eigenvalue weighted by Crippen LogP contribution is 2.42. The van der Waals surface area contributed by atoms with Crippen molar-refractivity contribution in [3.05, 3.63) is 30.6 Å². The third kappa shape index (κ3) is 3.79. The second-order valence-electron chi connectivity index (χ2n) is 7.47. The maximum Gasteiger partial charge on any atom is 0.411 e. The summed E-state index contributed by atoms with van der Waals surface area (Å²) < 4.78 is 38.5. The van der Waals surface area contributed by atoms with Crippen LogP contribution in [0.3, 0.4) is 0 Å². The summed E-state index contributed by atoms with van der Waals surface area (Å²) in [5.41, 5.74) is 1.79. The Bertz CT molecular complexity index is 968. The molecule has 4 rings (SSSR count). The Kier molecular flexibility index (Phi) is 4.51. The molecule has 1 saturated carbocycles. The summed E-state index contributed by atoms with van der Waals surface area (Å²) in [7, 11) is 0. The second-order valence-corrected chi connectivity index (χ2v) is 7.47. The molecule has 0 spiro atoms. The Morgan fingerprint density at radius 3 is 2.55 bits per heavy atom. The molecule has 1 aliphatic carbocycles. The van der Waals surface area contributed by atoms with Gasteiger partial charge in [-0.05, 0) is 37.5 Å². The summed E-state index contributed by atoms with van der Waals surface area (Å²) in [6.45, 7) is 0.714. The molecule has 1 aromatic heterocycles. The Labute approximate surface area is 164 Å². The molecular formula is C19H19F3N4O3. The van der Waals surface area contributed by atoms with E-state index in [0.29, 0.717) is 22.5 Å². The molecule has 154 valence electrons. The van der Waals surface area contributed by atoms with Gasteiger partial charge in [0.2, 0.25) is 5.91 Å². The molecule has 2 amide bonds. The van der Waals surface area contributed by atoms with Crippen LogP contribution in [0.2, 0.25) is 0 Å². The van der Waals surface area contributed by atoms with Crippen LogP contribution in [-0.2, 0) is 11.3 Å². The van der Waals surface area contributed by atoms with Crippen LogP contribution in [0.4, 0.5) is 29.3 Å². The molecule has 2 aliphatic rings. The van der Waals surface area contributed by atoms with E-state index in [1.54, 1.807) is 30.0 Å². The summed E-state index contributed by atoms with van der Waals surface area (Å²) in [5.74, 6) is -0.0449. The van der Waals surface area contributed by atoms with E-state index in [1.165, 1.54) is 17.3 Å². The van der Waals surface area contributed by atoms with Crippen molar-refractivity contribution < 1.29 is 27.9 Å². The molecule has 1 atom stereocenters. The van der Waals surface area contributed by atoms with Gasteiger partial charge in [0.15, 0.2) is 0 Å². The number of halogens is 3. The van der Waals surface area contributed by atoms with Gasteiger partial charge in [0.25, 0.3) is 0 Å². The van der Waals surface area contributed by atoms with Gasteiger partial charge in [0.1, 0.15) is 6.54 Å². The molecule has 7 nitrogen and oxygen atoms in total. The largest absolute Gasteiger partial charge is 0.465 e. The summed E-state index contributed by atoms with van der Waals surface area (Å²) in [6, 6.07) is 4.58. The van der Waals surface area contributed by atoms with Crippen molar-refractivity contribution in [1.82, 2.24) is 9.78 Å². The van der Waals surface area contributed by atoms with Crippen molar-refractivity contribution >= 4 is 23.4 Å². The average molecular weight is 408 g/mol. The molecule has 10 heteroatoms. The Morgan fingerprint density at radius 2 is 1.93 bits per heavy atom. The Balaban J connectivity index is 1.72. The first-order valence-corrected chi connectivity index (χ1v) is 9.21. The van der Waals surface area contributed by atoms with Crippen molar-refractivity contribution in [3.8, 4) is 11.1 Å². The number of rotatable bonds is 3. The summed E-state index contributed by atoms with van der Waals surface area (Å²) >= 11 is 0. The summed E-state index contributed by atoms with van der Waals surface area (Å²) in [6.07, 6.45) is -1.32. The Morgan fingerprint density at radius 1 is 1.21 bits per heavy atom. The SMILES string of the molecule is CC1CN(C(=O)O)c2cc(-c3cnn(CC(F)(F)F)c3)ccc2N1C(=O)C1CC1. The summed E-state index contributed by atoms with van der Waals surface area (Å²) in [4.78, 5) is 27.3. The number of carbonyl (C=O) groups excluding carboxylic acids is 1. The van der Waals surface area contributed by atoms with E-state index in [9.17, 15) is 27.9 Å². The number of anilines is 2. The van der Waals surface area contributed by atoms with Gasteiger partial charge in [-0.15, -0.1) is 0 Å². The maximum absolute atomic E-state index is 12.7. The monoisotopic (exact) mass is 408 g/mol. The van der Waals surface area contributed by atoms with Gasteiger partial charge >= 0.3 is 12.3 Å². The zero-order chi connectivity index (χ0) is 20.9. The first-order chi connectivity index (χ1) is 13.6. The molecule has 1 aliphatic heterocycles. The first-order valence-electron chi connectivity index (χ1n) is 9.21. The molecule has 0 bridgehead atoms. The zero-order valence-electron chi connectivity index (χ0n) is 15.6. The number of benzene rings is 1. The van der Waals surface area contributed by atoms with Crippen LogP contribution in [0.15, 0.2) is 30.6 Å². The molecule has 1 aromatic carbocycles. The molecule has 2 heterocycles. The highest BCUT2D eigenvalue weighted by molar-refractivity contribution is 6.04. The molecule has 0 saturated heterocycles. The first kappa shape index (κ1) is 19.3. The van der Waals surface area contributed by atoms with Crippen molar-refractivity contribution in [2.45, 2.75) is 38.5 Å². The quantitative estimate of drug-likeness (QED) is 0.839. The minimum absolute atomic E-state index is 0.0189. The topological polar surface area (TPSA) is 78.7 Å². The predicted octanol–water partition coefficient (Wildman–Crippen LogP) is 3.74. The predicted molar refractivity (Wildman–Crippen MR) is 98.8 cm³/mol. The number of carbonyl (C=O) groups is 2. The number of amides is 2. The number of alkyl halides is 3. The Hall–Kier alpha value is -3.04. The standard InChI is InChI=1S/C19H19F3N4O3/c1-11-8-25(18(28)29)16-6-13(14-7-23-24(9-14)10-19(20,21)22)4-5-15(16)26(11)17(27)12-2-3-12/h4-7,9,11-12H,2-3,8,10H2,1H3,(H,28,29). The normalized spacial score (nSPS) is 19.2. The number of hydrogen-bond donors (Lipinski definition) is 1. The van der Waals surface area contributed by atoms with Crippen LogP contribution in [-0.4, -0.2) is 45.7 Å². The van der Waals surface area contributed by atoms with Gasteiger partial charge in [-0.2, -0.15) is 18.3 Å². The lowest BCUT2D eigenvalue weighted by Crippen LogP contribution is -2.52. The third-order valence-corrected chi connectivity index (χ3v) is 5.12. The van der Waals surface area contributed by atoms with Crippen LogP contribution in [0.25, 0.3) is 11.1 Å². The fraction of sp³-hybridized carbons (Fsp3) is 0.421. The smallest absolute Gasteiger partial charge is 0.411 e. The van der Waals surface area contributed by atoms with E-state index >= 15 is 0 Å². The zero-order valence-corrected chi connectivity index (χ0v) is 15.6. The highest BCUT2D eigenvalue weighted by Gasteiger charge is 2.41. The van der Waals surface area contributed by atoms with Crippen LogP contribution in [0, 0.1) is 5.92 Å². The van der Waals surface area contributed by atoms with E-state index in [1.807, 2.05) is 0 Å². The average Bonchev–Trinajstić information content (AvgIpc) is 3.39. The van der Waals surface area contributed by atoms with Crippen LogP contribution in [0.5, 0.6) is 0 Å². The fourth-order valence-corrected chi connectivity index (χ4v) is 3.63. The minimum Gasteiger partial charge on any atom is -0.465 e. The van der Waals surface area contributed by atoms with E-state index < -0.39 is 18.8 Å². The van der Waals surface area contributed by atoms with Gasteiger partial charge in [0.05, 0.1) is 23.6 Å².